The predicted octanol–water partition coefficient (Wildman–Crippen LogP) is -3.09. The van der Waals surface area contributed by atoms with Gasteiger partial charge in [0.15, 0.2) is 6.29 Å². The molecule has 8 nitrogen and oxygen atoms in total. The third-order valence-electron chi connectivity index (χ3n) is 2.65. The van der Waals surface area contributed by atoms with E-state index in [0.717, 1.165) is 0 Å². The van der Waals surface area contributed by atoms with Crippen LogP contribution in [0.2, 0.25) is 0 Å². The fourth-order valence-corrected chi connectivity index (χ4v) is 1.80. The Kier molecular flexibility index (Phi) is 5.93. The van der Waals surface area contributed by atoms with Crippen LogP contribution in [0.1, 0.15) is 6.92 Å². The molecule has 1 heterocycles. The van der Waals surface area contributed by atoms with E-state index in [2.05, 4.69) is 5.32 Å². The van der Waals surface area contributed by atoms with Crippen LogP contribution in [0.15, 0.2) is 0 Å². The van der Waals surface area contributed by atoms with Gasteiger partial charge in [0.05, 0.1) is 13.2 Å². The van der Waals surface area contributed by atoms with Gasteiger partial charge in [-0.1, -0.05) is 0 Å². The van der Waals surface area contributed by atoms with Crippen LogP contribution < -0.4 is 11.1 Å². The second-order valence-electron chi connectivity index (χ2n) is 4.09. The summed E-state index contributed by atoms with van der Waals surface area (Å²) in [6.45, 7) is 1.22. The lowest BCUT2D eigenvalue weighted by molar-refractivity contribution is -0.269. The number of carbonyl (C=O) groups excluding carboxylic acids is 1. The van der Waals surface area contributed by atoms with Crippen molar-refractivity contribution in [3.63, 3.8) is 0 Å². The Hall–Kier alpha value is -0.770. The Morgan fingerprint density at radius 1 is 1.44 bits per heavy atom. The molecule has 1 saturated heterocycles. The first-order chi connectivity index (χ1) is 8.51. The number of nitrogens with one attached hydrogen (secondary N) is 1. The minimum absolute atomic E-state index is 0.168. The van der Waals surface area contributed by atoms with E-state index in [9.17, 15) is 15.0 Å². The topological polar surface area (TPSA) is 134 Å². The Morgan fingerprint density at radius 3 is 2.61 bits per heavy atom. The van der Waals surface area contributed by atoms with Gasteiger partial charge in [0.25, 0.3) is 0 Å². The minimum atomic E-state index is -1.30. The molecule has 0 aromatic rings. The highest BCUT2D eigenvalue weighted by Crippen LogP contribution is 2.21. The fourth-order valence-electron chi connectivity index (χ4n) is 1.80. The number of hydrogen-bond donors (Lipinski definition) is 5. The predicted molar refractivity (Wildman–Crippen MR) is 60.4 cm³/mol. The van der Waals surface area contributed by atoms with E-state index < -0.39 is 43.2 Å². The van der Waals surface area contributed by atoms with Crippen molar-refractivity contribution in [1.29, 1.82) is 0 Å². The zero-order valence-corrected chi connectivity index (χ0v) is 10.2. The zero-order chi connectivity index (χ0) is 13.7. The lowest BCUT2D eigenvalue weighted by atomic mass is 9.97. The number of nitrogens with two attached hydrogens (primary N) is 1. The average molecular weight is 264 g/mol. The molecule has 0 aromatic heterocycles. The van der Waals surface area contributed by atoms with E-state index in [0.29, 0.717) is 0 Å². The third kappa shape index (κ3) is 3.61. The SMILES string of the molecule is CC(=O)N[C@@H]1[C@@H](OCCN)O[C@H](CO)[C@@H](O)[C@@H]1O. The molecular weight excluding hydrogens is 244 g/mol. The summed E-state index contributed by atoms with van der Waals surface area (Å²) < 4.78 is 10.5. The van der Waals surface area contributed by atoms with Crippen molar-refractivity contribution in [3.05, 3.63) is 0 Å². The van der Waals surface area contributed by atoms with Crippen LogP contribution >= 0.6 is 0 Å². The van der Waals surface area contributed by atoms with Gasteiger partial charge in [-0.3, -0.25) is 4.79 Å². The fraction of sp³-hybridized carbons (Fsp3) is 0.900. The van der Waals surface area contributed by atoms with E-state index in [1.165, 1.54) is 6.92 Å². The summed E-state index contributed by atoms with van der Waals surface area (Å²) in [5.74, 6) is -0.390. The first-order valence-corrected chi connectivity index (χ1v) is 5.72. The van der Waals surface area contributed by atoms with Crippen molar-refractivity contribution in [2.75, 3.05) is 19.8 Å². The van der Waals surface area contributed by atoms with Crippen LogP contribution in [-0.2, 0) is 14.3 Å². The summed E-state index contributed by atoms with van der Waals surface area (Å²) >= 11 is 0. The van der Waals surface area contributed by atoms with Gasteiger partial charge < -0.3 is 35.8 Å². The normalized spacial score (nSPS) is 36.4. The van der Waals surface area contributed by atoms with Crippen molar-refractivity contribution in [3.8, 4) is 0 Å². The van der Waals surface area contributed by atoms with Crippen molar-refractivity contribution < 1.29 is 29.6 Å². The van der Waals surface area contributed by atoms with Crippen molar-refractivity contribution >= 4 is 5.91 Å². The van der Waals surface area contributed by atoms with Gasteiger partial charge in [-0.2, -0.15) is 0 Å². The third-order valence-corrected chi connectivity index (χ3v) is 2.65. The van der Waals surface area contributed by atoms with Crippen LogP contribution in [-0.4, -0.2) is 71.6 Å². The number of aliphatic hydroxyl groups is 3. The molecule has 1 fully saturated rings. The molecule has 5 atom stereocenters. The van der Waals surface area contributed by atoms with Crippen molar-refractivity contribution in [2.45, 2.75) is 37.6 Å². The first-order valence-electron chi connectivity index (χ1n) is 5.72. The van der Waals surface area contributed by atoms with Crippen LogP contribution in [0.3, 0.4) is 0 Å². The molecule has 6 N–H and O–H groups in total. The Morgan fingerprint density at radius 2 is 2.11 bits per heavy atom. The number of amides is 1. The van der Waals surface area contributed by atoms with E-state index in [1.54, 1.807) is 0 Å². The summed E-state index contributed by atoms with van der Waals surface area (Å²) in [5.41, 5.74) is 5.29. The van der Waals surface area contributed by atoms with Crippen molar-refractivity contribution in [2.24, 2.45) is 5.73 Å². The monoisotopic (exact) mass is 264 g/mol. The Balaban J connectivity index is 2.76. The molecule has 0 bridgehead atoms. The van der Waals surface area contributed by atoms with Crippen LogP contribution in [0.4, 0.5) is 0 Å². The van der Waals surface area contributed by atoms with Crippen LogP contribution in [0.5, 0.6) is 0 Å². The standard InChI is InChI=1S/C10H20N2O6/c1-5(14)12-7-9(16)8(15)6(4-13)18-10(7)17-3-2-11/h6-10,13,15-16H,2-4,11H2,1H3,(H,12,14)/t6-,7+,8-,9-,10+/m1/s1. The maximum Gasteiger partial charge on any atom is 0.217 e. The van der Waals surface area contributed by atoms with Crippen LogP contribution in [0.25, 0.3) is 0 Å². The molecule has 0 aromatic carbocycles. The quantitative estimate of drug-likeness (QED) is 0.355. The molecule has 1 aliphatic rings. The molecule has 0 aliphatic carbocycles. The summed E-state index contributed by atoms with van der Waals surface area (Å²) in [7, 11) is 0. The highest BCUT2D eigenvalue weighted by Gasteiger charge is 2.45. The summed E-state index contributed by atoms with van der Waals surface area (Å²) in [4.78, 5) is 11.0. The number of carbonyl (C=O) groups is 1. The van der Waals surface area contributed by atoms with Gasteiger partial charge in [0.2, 0.25) is 5.91 Å². The lowest BCUT2D eigenvalue weighted by Gasteiger charge is -2.42. The second-order valence-corrected chi connectivity index (χ2v) is 4.09. The largest absolute Gasteiger partial charge is 0.394 e. The molecule has 0 saturated carbocycles. The molecular formula is C10H20N2O6. The molecule has 0 spiro atoms. The maximum absolute atomic E-state index is 11.0. The number of aliphatic hydroxyl groups excluding tert-OH is 3. The Labute approximate surface area is 105 Å². The Bertz CT molecular complexity index is 277. The molecule has 0 radical (unpaired) electrons. The highest BCUT2D eigenvalue weighted by atomic mass is 16.7. The lowest BCUT2D eigenvalue weighted by Crippen LogP contribution is -2.64. The minimum Gasteiger partial charge on any atom is -0.394 e. The molecule has 8 heteroatoms. The summed E-state index contributed by atoms with van der Waals surface area (Å²) in [6, 6.07) is -0.910. The zero-order valence-electron chi connectivity index (χ0n) is 10.2. The van der Waals surface area contributed by atoms with E-state index in [-0.39, 0.29) is 13.2 Å². The average Bonchev–Trinajstić information content (AvgIpc) is 2.33. The first kappa shape index (κ1) is 15.3. The van der Waals surface area contributed by atoms with Gasteiger partial charge in [-0.15, -0.1) is 0 Å². The molecule has 1 aliphatic heterocycles. The molecule has 1 amide bonds. The van der Waals surface area contributed by atoms with Gasteiger partial charge in [0, 0.05) is 13.5 Å². The summed E-state index contributed by atoms with van der Waals surface area (Å²) in [6.07, 6.45) is -4.52. The number of rotatable bonds is 5. The molecule has 1 rings (SSSR count). The number of hydrogen-bond acceptors (Lipinski definition) is 7. The van der Waals surface area contributed by atoms with E-state index >= 15 is 0 Å². The maximum atomic E-state index is 11.0. The smallest absolute Gasteiger partial charge is 0.217 e. The molecule has 0 unspecified atom stereocenters. The van der Waals surface area contributed by atoms with Crippen LogP contribution in [0, 0.1) is 0 Å². The van der Waals surface area contributed by atoms with Gasteiger partial charge in [0.1, 0.15) is 24.4 Å². The van der Waals surface area contributed by atoms with Gasteiger partial charge >= 0.3 is 0 Å². The molecule has 106 valence electrons. The van der Waals surface area contributed by atoms with Gasteiger partial charge in [-0.05, 0) is 0 Å². The number of ether oxygens (including phenoxy) is 2. The van der Waals surface area contributed by atoms with Gasteiger partial charge in [-0.25, -0.2) is 0 Å². The summed E-state index contributed by atoms with van der Waals surface area (Å²) in [5, 5.41) is 31.1. The van der Waals surface area contributed by atoms with Crippen molar-refractivity contribution in [1.82, 2.24) is 5.32 Å². The molecule has 18 heavy (non-hydrogen) atoms. The second kappa shape index (κ2) is 6.98. The van der Waals surface area contributed by atoms with E-state index in [4.69, 9.17) is 20.3 Å². The van der Waals surface area contributed by atoms with E-state index in [1.807, 2.05) is 0 Å². The highest BCUT2D eigenvalue weighted by molar-refractivity contribution is 5.73.